The van der Waals surface area contributed by atoms with Crippen LogP contribution in [0, 0.1) is 11.8 Å². The van der Waals surface area contributed by atoms with E-state index < -0.39 is 12.7 Å². The molecule has 0 atom stereocenters. The number of alkyl halides is 3. The molecule has 0 amide bonds. The van der Waals surface area contributed by atoms with Gasteiger partial charge in [0.25, 0.3) is 0 Å². The SMILES string of the molecule is COc1cc(SNCCOCCOCCOCCN)ccc1NCC#Cc1cc2c(NC3CCOCC3)cccc2n1CC(F)(F)F. The third-order valence-corrected chi connectivity index (χ3v) is 8.00. The van der Waals surface area contributed by atoms with Gasteiger partial charge < -0.3 is 44.6 Å². The minimum atomic E-state index is -4.39. The van der Waals surface area contributed by atoms with E-state index in [-0.39, 0.29) is 12.6 Å². The Labute approximate surface area is 278 Å². The van der Waals surface area contributed by atoms with Crippen LogP contribution in [0.1, 0.15) is 18.5 Å². The van der Waals surface area contributed by atoms with Gasteiger partial charge in [0.05, 0.1) is 70.2 Å². The van der Waals surface area contributed by atoms with E-state index in [4.69, 9.17) is 29.4 Å². The number of fused-ring (bicyclic) bond motifs is 1. The van der Waals surface area contributed by atoms with E-state index in [1.807, 2.05) is 24.3 Å². The molecule has 0 unspecified atom stereocenters. The number of rotatable bonds is 19. The van der Waals surface area contributed by atoms with Crippen LogP contribution in [-0.4, -0.2) is 96.4 Å². The molecule has 10 nitrogen and oxygen atoms in total. The average molecular weight is 680 g/mol. The van der Waals surface area contributed by atoms with Crippen LogP contribution in [0.4, 0.5) is 24.5 Å². The van der Waals surface area contributed by atoms with E-state index in [0.29, 0.717) is 88.3 Å². The molecule has 2 heterocycles. The molecule has 0 spiro atoms. The first-order valence-corrected chi connectivity index (χ1v) is 16.5. The van der Waals surface area contributed by atoms with E-state index in [1.165, 1.54) is 16.5 Å². The first kappa shape index (κ1) is 36.7. The van der Waals surface area contributed by atoms with Gasteiger partial charge in [-0.3, -0.25) is 4.72 Å². The number of nitrogens with zero attached hydrogens (tertiary/aromatic N) is 1. The molecule has 2 aromatic carbocycles. The topological polar surface area (TPSA) is 113 Å². The normalized spacial score (nSPS) is 13.8. The summed E-state index contributed by atoms with van der Waals surface area (Å²) in [6, 6.07) is 13.0. The molecular weight excluding hydrogens is 635 g/mol. The molecule has 1 fully saturated rings. The Hall–Kier alpha value is -3.16. The standard InChI is InChI=1S/C33H44F3N5O5S/c1-42-32-23-27(47-39-13-17-45-19-21-46-20-18-44-16-11-37)7-8-30(32)38-12-3-4-26-22-28-29(40-25-9-14-43-15-10-25)5-2-6-31(28)41(26)24-33(34,35)36/h2,5-8,22-23,25,38-40H,9-21,24,37H2,1H3. The van der Waals surface area contributed by atoms with Gasteiger partial charge in [0, 0.05) is 48.3 Å². The van der Waals surface area contributed by atoms with Crippen LogP contribution in [-0.2, 0) is 25.5 Å². The zero-order valence-electron chi connectivity index (χ0n) is 26.6. The van der Waals surface area contributed by atoms with Gasteiger partial charge in [-0.1, -0.05) is 12.0 Å². The Morgan fingerprint density at radius 2 is 1.72 bits per heavy atom. The lowest BCUT2D eigenvalue weighted by atomic mass is 10.1. The Morgan fingerprint density at radius 1 is 0.979 bits per heavy atom. The molecule has 258 valence electrons. The first-order chi connectivity index (χ1) is 22.9. The van der Waals surface area contributed by atoms with Gasteiger partial charge in [0.15, 0.2) is 0 Å². The molecule has 5 N–H and O–H groups in total. The summed E-state index contributed by atoms with van der Waals surface area (Å²) in [5.74, 6) is 6.57. The van der Waals surface area contributed by atoms with E-state index in [9.17, 15) is 13.2 Å². The molecule has 3 aromatic rings. The molecule has 0 radical (unpaired) electrons. The number of benzene rings is 2. The molecule has 1 aliphatic rings. The number of anilines is 2. The number of hydrogen-bond acceptors (Lipinski definition) is 10. The Balaban J connectivity index is 1.29. The predicted molar refractivity (Wildman–Crippen MR) is 179 cm³/mol. The maximum atomic E-state index is 13.6. The average Bonchev–Trinajstić information content (AvgIpc) is 3.40. The molecule has 47 heavy (non-hydrogen) atoms. The van der Waals surface area contributed by atoms with E-state index in [1.54, 1.807) is 25.3 Å². The third-order valence-electron chi connectivity index (χ3n) is 7.17. The Kier molecular flexibility index (Phi) is 15.3. The van der Waals surface area contributed by atoms with Crippen molar-refractivity contribution in [1.82, 2.24) is 9.29 Å². The van der Waals surface area contributed by atoms with Crippen LogP contribution in [0.25, 0.3) is 10.9 Å². The fraction of sp³-hybridized carbons (Fsp3) is 0.515. The lowest BCUT2D eigenvalue weighted by Gasteiger charge is -2.24. The van der Waals surface area contributed by atoms with Crippen molar-refractivity contribution >= 4 is 34.2 Å². The summed E-state index contributed by atoms with van der Waals surface area (Å²) in [4.78, 5) is 0.945. The minimum absolute atomic E-state index is 0.206. The lowest BCUT2D eigenvalue weighted by Crippen LogP contribution is -2.27. The van der Waals surface area contributed by atoms with Crippen LogP contribution in [0.15, 0.2) is 47.4 Å². The molecule has 14 heteroatoms. The van der Waals surface area contributed by atoms with Gasteiger partial charge in [-0.25, -0.2) is 0 Å². The molecule has 1 saturated heterocycles. The number of nitrogens with two attached hydrogens (primary N) is 1. The summed E-state index contributed by atoms with van der Waals surface area (Å²) in [5, 5.41) is 7.42. The number of aromatic nitrogens is 1. The van der Waals surface area contributed by atoms with Gasteiger partial charge in [-0.15, -0.1) is 0 Å². The van der Waals surface area contributed by atoms with E-state index in [0.717, 1.165) is 29.1 Å². The fourth-order valence-electron chi connectivity index (χ4n) is 4.95. The molecule has 0 aliphatic carbocycles. The zero-order chi connectivity index (χ0) is 33.3. The van der Waals surface area contributed by atoms with Crippen molar-refractivity contribution in [2.75, 3.05) is 90.2 Å². The highest BCUT2D eigenvalue weighted by Crippen LogP contribution is 2.32. The largest absolute Gasteiger partial charge is 0.495 e. The van der Waals surface area contributed by atoms with Crippen molar-refractivity contribution in [3.8, 4) is 17.6 Å². The number of halogens is 3. The highest BCUT2D eigenvalue weighted by molar-refractivity contribution is 7.97. The van der Waals surface area contributed by atoms with Crippen molar-refractivity contribution in [1.29, 1.82) is 0 Å². The molecular formula is C33H44F3N5O5S. The van der Waals surface area contributed by atoms with Crippen molar-refractivity contribution in [3.63, 3.8) is 0 Å². The number of hydrogen-bond donors (Lipinski definition) is 4. The summed E-state index contributed by atoms with van der Waals surface area (Å²) in [6.45, 7) is 4.66. The van der Waals surface area contributed by atoms with Crippen molar-refractivity contribution in [2.24, 2.45) is 5.73 Å². The number of methoxy groups -OCH3 is 1. The monoisotopic (exact) mass is 679 g/mol. The van der Waals surface area contributed by atoms with Crippen molar-refractivity contribution in [3.05, 3.63) is 48.2 Å². The van der Waals surface area contributed by atoms with Crippen LogP contribution in [0.3, 0.4) is 0 Å². The number of nitrogens with one attached hydrogen (secondary N) is 3. The quantitative estimate of drug-likeness (QED) is 0.0796. The maximum Gasteiger partial charge on any atom is 0.406 e. The fourth-order valence-corrected chi connectivity index (χ4v) is 5.61. The predicted octanol–water partition coefficient (Wildman–Crippen LogP) is 4.87. The first-order valence-electron chi connectivity index (χ1n) is 15.6. The highest BCUT2D eigenvalue weighted by atomic mass is 32.2. The molecule has 1 aliphatic heterocycles. The minimum Gasteiger partial charge on any atom is -0.495 e. The van der Waals surface area contributed by atoms with Crippen LogP contribution in [0.2, 0.25) is 0 Å². The molecule has 0 saturated carbocycles. The highest BCUT2D eigenvalue weighted by Gasteiger charge is 2.30. The van der Waals surface area contributed by atoms with Gasteiger partial charge in [-0.05, 0) is 67.1 Å². The van der Waals surface area contributed by atoms with Gasteiger partial charge in [0.1, 0.15) is 12.3 Å². The van der Waals surface area contributed by atoms with Gasteiger partial charge >= 0.3 is 6.18 Å². The second-order valence-electron chi connectivity index (χ2n) is 10.6. The van der Waals surface area contributed by atoms with Crippen LogP contribution in [0.5, 0.6) is 5.75 Å². The Morgan fingerprint density at radius 3 is 2.45 bits per heavy atom. The number of ether oxygens (including phenoxy) is 5. The lowest BCUT2D eigenvalue weighted by molar-refractivity contribution is -0.140. The van der Waals surface area contributed by atoms with Crippen LogP contribution >= 0.6 is 11.9 Å². The van der Waals surface area contributed by atoms with E-state index >= 15 is 0 Å². The molecule has 1 aromatic heterocycles. The summed E-state index contributed by atoms with van der Waals surface area (Å²) >= 11 is 1.45. The smallest absolute Gasteiger partial charge is 0.406 e. The molecule has 4 rings (SSSR count). The third kappa shape index (κ3) is 12.4. The Bertz CT molecular complexity index is 1440. The second-order valence-corrected chi connectivity index (χ2v) is 11.6. The second kappa shape index (κ2) is 19.6. The molecule has 0 bridgehead atoms. The maximum absolute atomic E-state index is 13.6. The summed E-state index contributed by atoms with van der Waals surface area (Å²) in [5.41, 5.74) is 7.67. The van der Waals surface area contributed by atoms with Gasteiger partial charge in [0.2, 0.25) is 0 Å². The van der Waals surface area contributed by atoms with Crippen LogP contribution < -0.4 is 25.8 Å². The zero-order valence-corrected chi connectivity index (χ0v) is 27.4. The summed E-state index contributed by atoms with van der Waals surface area (Å²) in [7, 11) is 1.58. The van der Waals surface area contributed by atoms with Gasteiger partial charge in [-0.2, -0.15) is 13.2 Å². The summed E-state index contributed by atoms with van der Waals surface area (Å²) < 4.78 is 72.5. The summed E-state index contributed by atoms with van der Waals surface area (Å²) in [6.07, 6.45) is -2.71. The van der Waals surface area contributed by atoms with Crippen molar-refractivity contribution < 1.29 is 36.9 Å². The van der Waals surface area contributed by atoms with Crippen molar-refractivity contribution in [2.45, 2.75) is 36.5 Å². The van der Waals surface area contributed by atoms with E-state index in [2.05, 4.69) is 27.2 Å².